The quantitative estimate of drug-likeness (QED) is 0.564. The molecule has 2 aliphatic carbocycles. The first-order chi connectivity index (χ1) is 14.2. The number of aliphatic hydroxyl groups excluding tert-OH is 1. The Balaban J connectivity index is 1.50. The molecule has 2 aromatic rings. The number of hydrogen-bond donors (Lipinski definition) is 2. The second-order valence-corrected chi connectivity index (χ2v) is 9.11. The molecular weight excluding hydrogens is 380 g/mol. The third kappa shape index (κ3) is 3.86. The highest BCUT2D eigenvalue weighted by molar-refractivity contribution is 6.23. The first kappa shape index (κ1) is 20.3. The summed E-state index contributed by atoms with van der Waals surface area (Å²) >= 11 is 0. The van der Waals surface area contributed by atoms with Crippen LogP contribution in [0.3, 0.4) is 0 Å². The Morgan fingerprint density at radius 3 is 2.60 bits per heavy atom. The van der Waals surface area contributed by atoms with Crippen molar-refractivity contribution < 1.29 is 19.2 Å². The van der Waals surface area contributed by atoms with Gasteiger partial charge in [0.1, 0.15) is 11.5 Å². The fourth-order valence-electron chi connectivity index (χ4n) is 4.59. The number of allylic oxidation sites excluding steroid dienone is 2. The van der Waals surface area contributed by atoms with E-state index in [4.69, 9.17) is 9.93 Å². The molecule has 2 N–H and O–H groups in total. The minimum Gasteiger partial charge on any atom is -0.511 e. The van der Waals surface area contributed by atoms with Gasteiger partial charge in [-0.1, -0.05) is 49.3 Å². The Morgan fingerprint density at radius 1 is 1.17 bits per heavy atom. The Labute approximate surface area is 175 Å². The number of carbonyl (C=O) groups excluding carboxylic acids is 2. The largest absolute Gasteiger partial charge is 0.511 e. The summed E-state index contributed by atoms with van der Waals surface area (Å²) in [6.45, 7) is 3.90. The number of rotatable bonds is 4. The number of aromatic nitrogens is 1. The van der Waals surface area contributed by atoms with Crippen LogP contribution in [0.5, 0.6) is 0 Å². The number of aryl methyl sites for hydroxylation is 1. The van der Waals surface area contributed by atoms with Gasteiger partial charge in [-0.2, -0.15) is 0 Å². The molecule has 2 aliphatic rings. The van der Waals surface area contributed by atoms with Crippen LogP contribution < -0.4 is 0 Å². The van der Waals surface area contributed by atoms with Gasteiger partial charge in [-0.3, -0.25) is 9.59 Å². The summed E-state index contributed by atoms with van der Waals surface area (Å²) in [5, 5.41) is 22.8. The van der Waals surface area contributed by atoms with Gasteiger partial charge in [0.2, 0.25) is 0 Å². The molecule has 1 aromatic heterocycles. The molecule has 0 bridgehead atoms. The number of hydrogen-bond acceptors (Lipinski definition) is 6. The van der Waals surface area contributed by atoms with E-state index in [1.54, 1.807) is 0 Å². The fraction of sp³-hybridized carbons (Fsp3) is 0.417. The second-order valence-electron chi connectivity index (χ2n) is 9.11. The molecule has 0 saturated heterocycles. The van der Waals surface area contributed by atoms with Crippen molar-refractivity contribution in [1.82, 2.24) is 5.16 Å². The molecule has 1 saturated carbocycles. The van der Waals surface area contributed by atoms with Gasteiger partial charge in [0.15, 0.2) is 11.6 Å². The highest BCUT2D eigenvalue weighted by Crippen LogP contribution is 2.36. The summed E-state index contributed by atoms with van der Waals surface area (Å²) in [5.74, 6) is 0.369. The van der Waals surface area contributed by atoms with E-state index >= 15 is 0 Å². The van der Waals surface area contributed by atoms with E-state index in [0.717, 1.165) is 5.56 Å². The second kappa shape index (κ2) is 7.67. The molecule has 1 aromatic carbocycles. The molecule has 1 atom stereocenters. The SMILES string of the molecule is CC1(C)CC(=N)C(=C(O)CCc2noc3c2C(=O)CC(c2ccccc2)C3)C(=O)C1. The lowest BCUT2D eigenvalue weighted by Gasteiger charge is -2.30. The Hall–Kier alpha value is -3.02. The van der Waals surface area contributed by atoms with Crippen molar-refractivity contribution in [3.63, 3.8) is 0 Å². The van der Waals surface area contributed by atoms with Crippen molar-refractivity contribution in [3.05, 3.63) is 64.2 Å². The number of fused-ring (bicyclic) bond motifs is 1. The fourth-order valence-corrected chi connectivity index (χ4v) is 4.59. The maximum Gasteiger partial charge on any atom is 0.168 e. The summed E-state index contributed by atoms with van der Waals surface area (Å²) < 4.78 is 5.48. The molecule has 1 unspecified atom stereocenters. The van der Waals surface area contributed by atoms with Gasteiger partial charge in [0, 0.05) is 37.8 Å². The van der Waals surface area contributed by atoms with Gasteiger partial charge in [-0.15, -0.1) is 0 Å². The molecule has 1 fully saturated rings. The first-order valence-corrected chi connectivity index (χ1v) is 10.3. The summed E-state index contributed by atoms with van der Waals surface area (Å²) in [6.07, 6.45) is 2.22. The Kier molecular flexibility index (Phi) is 5.18. The average Bonchev–Trinajstić information content (AvgIpc) is 3.09. The third-order valence-corrected chi connectivity index (χ3v) is 6.01. The molecule has 0 radical (unpaired) electrons. The molecular formula is C24H26N2O4. The maximum atomic E-state index is 12.8. The predicted molar refractivity (Wildman–Crippen MR) is 112 cm³/mol. The van der Waals surface area contributed by atoms with Crippen LogP contribution in [0.1, 0.15) is 72.8 Å². The molecule has 0 aliphatic heterocycles. The number of ketones is 2. The van der Waals surface area contributed by atoms with Crippen LogP contribution in [-0.4, -0.2) is 27.5 Å². The Bertz CT molecular complexity index is 1020. The smallest absolute Gasteiger partial charge is 0.168 e. The van der Waals surface area contributed by atoms with Crippen molar-refractivity contribution in [2.24, 2.45) is 5.41 Å². The van der Waals surface area contributed by atoms with E-state index < -0.39 is 0 Å². The van der Waals surface area contributed by atoms with Gasteiger partial charge in [-0.25, -0.2) is 0 Å². The zero-order chi connectivity index (χ0) is 21.5. The van der Waals surface area contributed by atoms with Gasteiger partial charge < -0.3 is 15.0 Å². The predicted octanol–water partition coefficient (Wildman–Crippen LogP) is 4.74. The van der Waals surface area contributed by atoms with Crippen LogP contribution in [0, 0.1) is 10.8 Å². The van der Waals surface area contributed by atoms with Crippen LogP contribution in [-0.2, 0) is 17.6 Å². The van der Waals surface area contributed by atoms with Crippen molar-refractivity contribution in [3.8, 4) is 0 Å². The lowest BCUT2D eigenvalue weighted by molar-refractivity contribution is -0.117. The number of Topliss-reactive ketones (excluding diaryl/α,β-unsaturated/α-hetero) is 2. The van der Waals surface area contributed by atoms with Crippen molar-refractivity contribution >= 4 is 17.3 Å². The zero-order valence-electron chi connectivity index (χ0n) is 17.3. The number of aliphatic hydroxyl groups is 1. The van der Waals surface area contributed by atoms with E-state index in [0.29, 0.717) is 49.1 Å². The molecule has 1 heterocycles. The standard InChI is InChI=1S/C24H26N2O4/c1-24(2)12-16(25)22(20(29)13-24)18(27)9-8-17-23-19(28)10-15(11-21(23)30-26-17)14-6-4-3-5-7-14/h3-7,15,25,27H,8-13H2,1-2H3. The van der Waals surface area contributed by atoms with E-state index in [1.165, 1.54) is 0 Å². The van der Waals surface area contributed by atoms with Crippen LogP contribution in [0.4, 0.5) is 0 Å². The van der Waals surface area contributed by atoms with Gasteiger partial charge >= 0.3 is 0 Å². The van der Waals surface area contributed by atoms with E-state index in [9.17, 15) is 14.7 Å². The topological polar surface area (TPSA) is 104 Å². The van der Waals surface area contributed by atoms with Gasteiger partial charge in [-0.05, 0) is 23.3 Å². The van der Waals surface area contributed by atoms with Crippen molar-refractivity contribution in [2.45, 2.75) is 58.3 Å². The highest BCUT2D eigenvalue weighted by Gasteiger charge is 2.36. The zero-order valence-corrected chi connectivity index (χ0v) is 17.3. The van der Waals surface area contributed by atoms with E-state index in [1.807, 2.05) is 44.2 Å². The van der Waals surface area contributed by atoms with Crippen molar-refractivity contribution in [1.29, 1.82) is 5.41 Å². The summed E-state index contributed by atoms with van der Waals surface area (Å²) in [7, 11) is 0. The normalized spacial score (nSPS) is 22.7. The minimum absolute atomic E-state index is 0.00303. The molecule has 0 amide bonds. The molecule has 4 rings (SSSR count). The van der Waals surface area contributed by atoms with E-state index in [-0.39, 0.29) is 46.4 Å². The summed E-state index contributed by atoms with van der Waals surface area (Å²) in [5.41, 5.74) is 2.19. The van der Waals surface area contributed by atoms with Crippen LogP contribution in [0.15, 0.2) is 46.2 Å². The summed E-state index contributed by atoms with van der Waals surface area (Å²) in [4.78, 5) is 25.2. The third-order valence-electron chi connectivity index (χ3n) is 6.01. The van der Waals surface area contributed by atoms with Crippen LogP contribution in [0.2, 0.25) is 0 Å². The van der Waals surface area contributed by atoms with Crippen LogP contribution >= 0.6 is 0 Å². The molecule has 6 nitrogen and oxygen atoms in total. The summed E-state index contributed by atoms with van der Waals surface area (Å²) in [6, 6.07) is 9.90. The molecule has 30 heavy (non-hydrogen) atoms. The van der Waals surface area contributed by atoms with Crippen molar-refractivity contribution in [2.75, 3.05) is 0 Å². The number of benzene rings is 1. The maximum absolute atomic E-state index is 12.8. The minimum atomic E-state index is -0.259. The highest BCUT2D eigenvalue weighted by atomic mass is 16.5. The van der Waals surface area contributed by atoms with Gasteiger partial charge in [0.25, 0.3) is 0 Å². The number of nitrogens with one attached hydrogen (secondary N) is 1. The van der Waals surface area contributed by atoms with E-state index in [2.05, 4.69) is 5.16 Å². The number of carbonyl (C=O) groups is 2. The Morgan fingerprint density at radius 2 is 1.90 bits per heavy atom. The molecule has 0 spiro atoms. The number of nitrogens with zero attached hydrogens (tertiary/aromatic N) is 1. The first-order valence-electron chi connectivity index (χ1n) is 10.3. The van der Waals surface area contributed by atoms with Gasteiger partial charge in [0.05, 0.1) is 16.8 Å². The average molecular weight is 406 g/mol. The lowest BCUT2D eigenvalue weighted by atomic mass is 9.73. The van der Waals surface area contributed by atoms with Crippen LogP contribution in [0.25, 0.3) is 0 Å². The molecule has 6 heteroatoms. The monoisotopic (exact) mass is 406 g/mol. The lowest BCUT2D eigenvalue weighted by Crippen LogP contribution is -2.32. The molecule has 156 valence electrons.